The highest BCUT2D eigenvalue weighted by atomic mass is 32.2. The van der Waals surface area contributed by atoms with Gasteiger partial charge in [-0.1, -0.05) is 0 Å². The van der Waals surface area contributed by atoms with Crippen LogP contribution in [0.15, 0.2) is 12.3 Å². The van der Waals surface area contributed by atoms with Crippen molar-refractivity contribution in [1.29, 1.82) is 0 Å². The van der Waals surface area contributed by atoms with E-state index in [9.17, 15) is 4.79 Å². The van der Waals surface area contributed by atoms with Crippen LogP contribution < -0.4 is 11.1 Å². The molecule has 1 aromatic heterocycles. The molecule has 1 unspecified atom stereocenters. The Morgan fingerprint density at radius 2 is 2.41 bits per heavy atom. The summed E-state index contributed by atoms with van der Waals surface area (Å²) in [4.78, 5) is 15.0. The molecular formula is C11H17N3O2S. The van der Waals surface area contributed by atoms with Gasteiger partial charge >= 0.3 is 5.97 Å². The number of hydrogen-bond acceptors (Lipinski definition) is 5. The Bertz CT molecular complexity index is 398. The molecule has 1 rings (SSSR count). The number of carboxylic acid groups (broad SMARTS) is 1. The van der Waals surface area contributed by atoms with Crippen molar-refractivity contribution in [1.82, 2.24) is 4.98 Å². The third kappa shape index (κ3) is 3.81. The van der Waals surface area contributed by atoms with Gasteiger partial charge in [-0.05, 0) is 31.4 Å². The lowest BCUT2D eigenvalue weighted by Crippen LogP contribution is -2.19. The molecule has 0 aliphatic rings. The van der Waals surface area contributed by atoms with Gasteiger partial charge in [0.25, 0.3) is 0 Å². The number of rotatable bonds is 6. The van der Waals surface area contributed by atoms with Crippen LogP contribution in [0.3, 0.4) is 0 Å². The molecule has 17 heavy (non-hydrogen) atoms. The number of nitrogens with zero attached hydrogens (tertiary/aromatic N) is 1. The van der Waals surface area contributed by atoms with Gasteiger partial charge in [0.05, 0.1) is 11.3 Å². The fraction of sp³-hybridized carbons (Fsp3) is 0.455. The van der Waals surface area contributed by atoms with E-state index in [4.69, 9.17) is 10.8 Å². The first kappa shape index (κ1) is 13.6. The highest BCUT2D eigenvalue weighted by Crippen LogP contribution is 2.21. The summed E-state index contributed by atoms with van der Waals surface area (Å²) >= 11 is 1.77. The van der Waals surface area contributed by atoms with Crippen LogP contribution in [0.1, 0.15) is 23.7 Å². The van der Waals surface area contributed by atoms with Crippen LogP contribution in [0.5, 0.6) is 0 Å². The average Bonchev–Trinajstić information content (AvgIpc) is 2.28. The molecule has 0 fully saturated rings. The van der Waals surface area contributed by atoms with E-state index < -0.39 is 5.97 Å². The number of aromatic carboxylic acids is 1. The lowest BCUT2D eigenvalue weighted by Gasteiger charge is -2.16. The summed E-state index contributed by atoms with van der Waals surface area (Å²) in [6, 6.07) is 1.61. The van der Waals surface area contributed by atoms with Crippen molar-refractivity contribution < 1.29 is 9.90 Å². The lowest BCUT2D eigenvalue weighted by atomic mass is 10.2. The number of hydrogen-bond donors (Lipinski definition) is 3. The minimum Gasteiger partial charge on any atom is -0.478 e. The van der Waals surface area contributed by atoms with Gasteiger partial charge in [0.15, 0.2) is 0 Å². The summed E-state index contributed by atoms with van der Waals surface area (Å²) in [5.74, 6) is 0.440. The van der Waals surface area contributed by atoms with Crippen LogP contribution in [0.2, 0.25) is 0 Å². The molecule has 0 bridgehead atoms. The molecule has 1 heterocycles. The second-order valence-corrected chi connectivity index (χ2v) is 4.74. The molecule has 6 heteroatoms. The predicted molar refractivity (Wildman–Crippen MR) is 71.7 cm³/mol. The molecule has 0 amide bonds. The van der Waals surface area contributed by atoms with E-state index in [1.807, 2.05) is 13.2 Å². The Morgan fingerprint density at radius 1 is 1.71 bits per heavy atom. The zero-order valence-corrected chi connectivity index (χ0v) is 10.8. The van der Waals surface area contributed by atoms with Crippen molar-refractivity contribution in [2.75, 3.05) is 23.1 Å². The largest absolute Gasteiger partial charge is 0.478 e. The second kappa shape index (κ2) is 6.34. The Balaban J connectivity index is 2.77. The summed E-state index contributed by atoms with van der Waals surface area (Å²) in [6.45, 7) is 2.02. The average molecular weight is 255 g/mol. The number of aromatic nitrogens is 1. The summed E-state index contributed by atoms with van der Waals surface area (Å²) in [5.41, 5.74) is 6.02. The Morgan fingerprint density at radius 3 is 3.00 bits per heavy atom. The maximum Gasteiger partial charge on any atom is 0.337 e. The van der Waals surface area contributed by atoms with E-state index in [0.29, 0.717) is 5.82 Å². The molecule has 0 aliphatic carbocycles. The molecule has 0 radical (unpaired) electrons. The number of anilines is 2. The molecule has 5 nitrogen and oxygen atoms in total. The normalized spacial score (nSPS) is 12.1. The number of nitrogen functional groups attached to an aromatic ring is 1. The zero-order chi connectivity index (χ0) is 12.8. The molecular weight excluding hydrogens is 238 g/mol. The molecule has 0 saturated heterocycles. The fourth-order valence-corrected chi connectivity index (χ4v) is 1.96. The predicted octanol–water partition coefficient (Wildman–Crippen LogP) is 1.92. The van der Waals surface area contributed by atoms with Gasteiger partial charge in [0, 0.05) is 12.2 Å². The first-order valence-corrected chi connectivity index (χ1v) is 6.69. The molecule has 0 aliphatic heterocycles. The van der Waals surface area contributed by atoms with Gasteiger partial charge in [-0.2, -0.15) is 11.8 Å². The van der Waals surface area contributed by atoms with Gasteiger partial charge in [0.2, 0.25) is 0 Å². The number of thioether (sulfide) groups is 1. The van der Waals surface area contributed by atoms with Crippen molar-refractivity contribution in [2.24, 2.45) is 0 Å². The van der Waals surface area contributed by atoms with Crippen LogP contribution in [0.25, 0.3) is 0 Å². The van der Waals surface area contributed by atoms with Gasteiger partial charge in [-0.15, -0.1) is 0 Å². The number of nitrogens with one attached hydrogen (secondary N) is 1. The monoisotopic (exact) mass is 255 g/mol. The zero-order valence-electron chi connectivity index (χ0n) is 9.93. The van der Waals surface area contributed by atoms with Gasteiger partial charge in [-0.3, -0.25) is 0 Å². The first-order valence-electron chi connectivity index (χ1n) is 5.29. The molecule has 1 aromatic rings. The number of carboxylic acids is 1. The Hall–Kier alpha value is -1.43. The first-order chi connectivity index (χ1) is 8.06. The Labute approximate surface area is 105 Å². The van der Waals surface area contributed by atoms with Crippen molar-refractivity contribution >= 4 is 29.2 Å². The molecule has 0 saturated carbocycles. The van der Waals surface area contributed by atoms with Crippen molar-refractivity contribution in [2.45, 2.75) is 19.4 Å². The van der Waals surface area contributed by atoms with Crippen LogP contribution in [-0.2, 0) is 0 Å². The molecule has 4 N–H and O–H groups in total. The smallest absolute Gasteiger partial charge is 0.337 e. The van der Waals surface area contributed by atoms with Crippen LogP contribution in [0.4, 0.5) is 11.5 Å². The van der Waals surface area contributed by atoms with Gasteiger partial charge in [0.1, 0.15) is 5.82 Å². The summed E-state index contributed by atoms with van der Waals surface area (Å²) in [6.07, 6.45) is 4.47. The van der Waals surface area contributed by atoms with E-state index in [1.165, 1.54) is 12.3 Å². The maximum atomic E-state index is 10.9. The standard InChI is InChI=1S/C11H17N3O2S/c1-7(4-6-17-2)14-10-9(12)8(11(15)16)3-5-13-10/h3,5,7H,4,6,12H2,1-2H3,(H,13,14)(H,15,16). The minimum atomic E-state index is -1.04. The number of nitrogens with two attached hydrogens (primary N) is 1. The molecule has 94 valence electrons. The van der Waals surface area contributed by atoms with E-state index in [2.05, 4.69) is 10.3 Å². The maximum absolute atomic E-state index is 10.9. The Kier molecular flexibility index (Phi) is 5.09. The fourth-order valence-electron chi connectivity index (χ4n) is 1.37. The van der Waals surface area contributed by atoms with E-state index in [1.54, 1.807) is 11.8 Å². The molecule has 0 spiro atoms. The van der Waals surface area contributed by atoms with E-state index in [0.717, 1.165) is 12.2 Å². The SMILES string of the molecule is CSCCC(C)Nc1nccc(C(=O)O)c1N. The molecule has 0 aromatic carbocycles. The minimum absolute atomic E-state index is 0.0829. The van der Waals surface area contributed by atoms with Crippen molar-refractivity contribution in [3.05, 3.63) is 17.8 Å². The van der Waals surface area contributed by atoms with Gasteiger partial charge in [-0.25, -0.2) is 9.78 Å². The highest BCUT2D eigenvalue weighted by Gasteiger charge is 2.13. The third-order valence-corrected chi connectivity index (χ3v) is 3.00. The number of pyridine rings is 1. The lowest BCUT2D eigenvalue weighted by molar-refractivity contribution is 0.0698. The van der Waals surface area contributed by atoms with Gasteiger partial charge < -0.3 is 16.2 Å². The summed E-state index contributed by atoms with van der Waals surface area (Å²) in [7, 11) is 0. The van der Waals surface area contributed by atoms with Crippen LogP contribution in [-0.4, -0.2) is 34.1 Å². The quantitative estimate of drug-likeness (QED) is 0.719. The van der Waals surface area contributed by atoms with E-state index >= 15 is 0 Å². The summed E-state index contributed by atoms with van der Waals surface area (Å²) < 4.78 is 0. The van der Waals surface area contributed by atoms with Crippen LogP contribution >= 0.6 is 11.8 Å². The molecule has 1 atom stereocenters. The van der Waals surface area contributed by atoms with Crippen molar-refractivity contribution in [3.8, 4) is 0 Å². The topological polar surface area (TPSA) is 88.2 Å². The highest BCUT2D eigenvalue weighted by molar-refractivity contribution is 7.98. The second-order valence-electron chi connectivity index (χ2n) is 3.75. The van der Waals surface area contributed by atoms with Crippen LogP contribution in [0, 0.1) is 0 Å². The summed E-state index contributed by atoms with van der Waals surface area (Å²) in [5, 5.41) is 12.1. The third-order valence-electron chi connectivity index (χ3n) is 2.36. The van der Waals surface area contributed by atoms with Crippen molar-refractivity contribution in [3.63, 3.8) is 0 Å². The number of carbonyl (C=O) groups is 1. The van der Waals surface area contributed by atoms with E-state index in [-0.39, 0.29) is 17.3 Å².